The van der Waals surface area contributed by atoms with Gasteiger partial charge in [0.25, 0.3) is 0 Å². The minimum atomic E-state index is -0.800. The third-order valence-electron chi connectivity index (χ3n) is 19.5. The van der Waals surface area contributed by atoms with E-state index in [1.54, 1.807) is 85.0 Å². The lowest BCUT2D eigenvalue weighted by atomic mass is 10.1. The molecule has 10 N–H and O–H groups in total. The molecule has 0 saturated carbocycles. The summed E-state index contributed by atoms with van der Waals surface area (Å²) in [6.07, 6.45) is 0. The number of anilines is 5. The van der Waals surface area contributed by atoms with E-state index < -0.39 is 47.0 Å². The highest BCUT2D eigenvalue weighted by Crippen LogP contribution is 2.26. The molecule has 0 bridgehead atoms. The smallest absolute Gasteiger partial charge is 0.351 e. The minimum Gasteiger partial charge on any atom is -0.381 e. The molecule has 600 valence electrons. The molecule has 0 amide bonds. The Morgan fingerprint density at radius 2 is 0.642 bits per heavy atom. The van der Waals surface area contributed by atoms with Crippen molar-refractivity contribution in [3.05, 3.63) is 350 Å². The van der Waals surface area contributed by atoms with E-state index in [2.05, 4.69) is 50.4 Å². The van der Waals surface area contributed by atoms with Crippen LogP contribution in [0.25, 0.3) is 83.4 Å². The van der Waals surface area contributed by atoms with E-state index in [0.29, 0.717) is 78.7 Å². The lowest BCUT2D eigenvalue weighted by Gasteiger charge is -2.04. The first-order valence-electron chi connectivity index (χ1n) is 36.6. The zero-order valence-electron chi connectivity index (χ0n) is 63.3. The predicted octanol–water partition coefficient (Wildman–Crippen LogP) is 10.3. The fourth-order valence-electron chi connectivity index (χ4n) is 13.9. The molecule has 0 fully saturated rings. The van der Waals surface area contributed by atoms with Crippen LogP contribution in [-0.4, -0.2) is 95.8 Å². The Morgan fingerprint density at radius 3 is 1.10 bits per heavy atom. The second-order valence-electron chi connectivity index (χ2n) is 27.6. The number of aromatic nitrogens is 20. The summed E-state index contributed by atoms with van der Waals surface area (Å²) in [4.78, 5) is 84.8. The van der Waals surface area contributed by atoms with E-state index in [1.165, 1.54) is 63.6 Å². The maximum Gasteiger partial charge on any atom is 0.351 e. The van der Waals surface area contributed by atoms with Gasteiger partial charge in [-0.1, -0.05) is 115 Å². The molecule has 10 aromatic heterocycles. The van der Waals surface area contributed by atoms with Crippen molar-refractivity contribution < 1.29 is 30.7 Å². The molecule has 0 aliphatic heterocycles. The minimum absolute atomic E-state index is 0.0140. The van der Waals surface area contributed by atoms with Gasteiger partial charge in [0.15, 0.2) is 29.1 Å². The highest BCUT2D eigenvalue weighted by atomic mass is 19.2. The first-order valence-corrected chi connectivity index (χ1v) is 36.6. The number of hydrogen-bond acceptors (Lipinski definition) is 20. The van der Waals surface area contributed by atoms with Crippen LogP contribution < -0.4 is 57.1 Å². The summed E-state index contributed by atoms with van der Waals surface area (Å²) in [5.41, 5.74) is 37.7. The van der Waals surface area contributed by atoms with E-state index in [0.717, 1.165) is 66.3 Å². The molecule has 0 aliphatic carbocycles. The summed E-state index contributed by atoms with van der Waals surface area (Å²) < 4.78 is 109. The molecule has 0 atom stereocenters. The SMILES string of the molecule is Cc1cc(F)cc(Cn2nc3c(N)nc4ccccc4n3c2=O)c1.Cc1cccc(Cn2nc3c(N)nc4ccccc4n3c2=O)c1F.Cc1cccc2nc(N)c3nn(Cc4ccccc4)c(=O)n3c12.Nc1nc2ccc(F)cc2n2c(=O)n(Cc3c(F)cccc3F)nc12.Nc1nc2ccccc2n2c(=O)n(Cc3c(F)cccc3F)nc12. The second-order valence-corrected chi connectivity index (χ2v) is 27.6. The van der Waals surface area contributed by atoms with Crippen LogP contribution in [0.2, 0.25) is 0 Å². The van der Waals surface area contributed by atoms with Gasteiger partial charge in [0.2, 0.25) is 28.2 Å². The third kappa shape index (κ3) is 14.6. The van der Waals surface area contributed by atoms with E-state index >= 15 is 0 Å². The Kier molecular flexibility index (Phi) is 20.4. The van der Waals surface area contributed by atoms with Crippen molar-refractivity contribution in [2.45, 2.75) is 53.5 Å². The third-order valence-corrected chi connectivity index (χ3v) is 19.5. The number of nitrogens with zero attached hydrogens (tertiary/aromatic N) is 20. The number of para-hydroxylation sites is 7. The summed E-state index contributed by atoms with van der Waals surface area (Å²) in [5.74, 6) is -3.71. The van der Waals surface area contributed by atoms with Crippen molar-refractivity contribution >= 4 is 112 Å². The van der Waals surface area contributed by atoms with Gasteiger partial charge in [-0.3, -0.25) is 0 Å². The Hall–Kier alpha value is -16.2. The molecule has 0 radical (unpaired) electrons. The van der Waals surface area contributed by atoms with Crippen molar-refractivity contribution in [1.82, 2.24) is 95.8 Å². The second kappa shape index (κ2) is 31.5. The van der Waals surface area contributed by atoms with E-state index in [1.807, 2.05) is 85.8 Å². The van der Waals surface area contributed by atoms with Gasteiger partial charge in [-0.25, -0.2) is 125 Å². The summed E-state index contributed by atoms with van der Waals surface area (Å²) in [6, 6.07) is 57.0. The van der Waals surface area contributed by atoms with Crippen LogP contribution in [0, 0.1) is 61.5 Å². The van der Waals surface area contributed by atoms with Crippen LogP contribution in [0.15, 0.2) is 236 Å². The van der Waals surface area contributed by atoms with Crippen LogP contribution in [0.1, 0.15) is 44.5 Å². The van der Waals surface area contributed by atoms with Crippen molar-refractivity contribution in [3.8, 4) is 0 Å². The molecule has 20 rings (SSSR count). The molecule has 0 unspecified atom stereocenters. The standard InChI is InChI=1S/2C17H14FN5O.C17H15N5O.C16H10F3N5O.C16H11F2N5O/c1-10-5-4-6-11(14(10)18)9-22-17(24)23-13-8-3-2-7-12(13)20-15(19)16(23)21-22;1-10-6-11(8-12(18)7-10)9-22-17(24)23-14-5-3-2-4-13(14)20-15(19)16(23)21-22;1-11-6-5-9-13-14(11)22-16(15(18)19-13)20-21(17(22)23)10-12-7-3-2-4-8-12;17-8-4-5-12-13(6-8)24-15(14(20)21-12)22-23(16(24)25)7-9-10(18)2-1-3-11(9)19;17-10-4-3-5-11(18)9(10)8-22-16(24)23-13-7-2-1-6-12(13)20-14(19)15(23)21-22/h2*2-8H,9H2,1H3,(H2,19,20);2-9H,10H2,1H3,(H2,18,19);1-6H,7H2,(H2,20,21);1-7H,8H2,(H2,19,20). The Labute approximate surface area is 668 Å². The first kappa shape index (κ1) is 77.7. The fourth-order valence-corrected chi connectivity index (χ4v) is 13.9. The van der Waals surface area contributed by atoms with Crippen LogP contribution in [0.3, 0.4) is 0 Å². The zero-order valence-corrected chi connectivity index (χ0v) is 63.3. The van der Waals surface area contributed by atoms with Crippen molar-refractivity contribution in [2.75, 3.05) is 28.7 Å². The van der Waals surface area contributed by atoms with Crippen LogP contribution in [0.4, 0.5) is 59.8 Å². The molecule has 0 aliphatic rings. The number of hydrogen-bond donors (Lipinski definition) is 5. The molecule has 37 heteroatoms. The van der Waals surface area contributed by atoms with Gasteiger partial charge in [0.05, 0.1) is 87.9 Å². The summed E-state index contributed by atoms with van der Waals surface area (Å²) >= 11 is 0. The zero-order chi connectivity index (χ0) is 84.2. The van der Waals surface area contributed by atoms with Crippen molar-refractivity contribution in [2.24, 2.45) is 0 Å². The normalized spacial score (nSPS) is 11.4. The Bertz CT molecular complexity index is 7790. The molecule has 10 heterocycles. The summed E-state index contributed by atoms with van der Waals surface area (Å²) in [5, 5.41) is 21.0. The molecule has 0 spiro atoms. The number of fused-ring (bicyclic) bond motifs is 15. The lowest BCUT2D eigenvalue weighted by Crippen LogP contribution is -2.23. The Morgan fingerprint density at radius 1 is 0.292 bits per heavy atom. The van der Waals surface area contributed by atoms with E-state index in [-0.39, 0.29) is 111 Å². The predicted molar refractivity (Wildman–Crippen MR) is 437 cm³/mol. The molecule has 20 aromatic rings. The first-order chi connectivity index (χ1) is 57.7. The number of aryl methyl sites for hydroxylation is 3. The summed E-state index contributed by atoms with van der Waals surface area (Å²) in [7, 11) is 0. The van der Waals surface area contributed by atoms with Crippen molar-refractivity contribution in [3.63, 3.8) is 0 Å². The number of nitrogen functional groups attached to an aromatic ring is 5. The molecular formula is C83H64F7N25O5. The number of rotatable bonds is 10. The van der Waals surface area contributed by atoms with Gasteiger partial charge in [-0.05, 0) is 140 Å². The molecular weight excluding hydrogens is 1560 g/mol. The largest absolute Gasteiger partial charge is 0.381 e. The van der Waals surface area contributed by atoms with Gasteiger partial charge in [0, 0.05) is 22.8 Å². The van der Waals surface area contributed by atoms with Crippen LogP contribution in [0.5, 0.6) is 0 Å². The van der Waals surface area contributed by atoms with E-state index in [4.69, 9.17) is 28.7 Å². The van der Waals surface area contributed by atoms with Gasteiger partial charge >= 0.3 is 28.4 Å². The quantitative estimate of drug-likeness (QED) is 0.0794. The maximum absolute atomic E-state index is 14.2. The fraction of sp³-hybridized carbons (Fsp3) is 0.0964. The Balaban J connectivity index is 0.000000112. The van der Waals surface area contributed by atoms with Gasteiger partial charge in [0.1, 0.15) is 40.7 Å². The molecule has 0 saturated heterocycles. The maximum atomic E-state index is 14.2. The summed E-state index contributed by atoms with van der Waals surface area (Å²) in [6.45, 7) is 5.24. The number of halogens is 7. The monoisotopic (exact) mass is 1620 g/mol. The van der Waals surface area contributed by atoms with Crippen LogP contribution >= 0.6 is 0 Å². The van der Waals surface area contributed by atoms with Gasteiger partial charge < -0.3 is 28.7 Å². The molecule has 30 nitrogen and oxygen atoms in total. The molecule has 120 heavy (non-hydrogen) atoms. The van der Waals surface area contributed by atoms with Crippen molar-refractivity contribution in [1.29, 1.82) is 0 Å². The molecule has 10 aromatic carbocycles. The van der Waals surface area contributed by atoms with Gasteiger partial charge in [-0.15, -0.1) is 25.5 Å². The number of nitrogens with two attached hydrogens (primary N) is 5. The highest BCUT2D eigenvalue weighted by molar-refractivity contribution is 5.86. The average Bonchev–Trinajstić information content (AvgIpc) is 1.61. The van der Waals surface area contributed by atoms with Crippen LogP contribution in [-0.2, 0) is 32.7 Å². The van der Waals surface area contributed by atoms with Gasteiger partial charge in [-0.2, -0.15) is 0 Å². The van der Waals surface area contributed by atoms with E-state index in [9.17, 15) is 54.7 Å². The number of benzene rings is 10. The highest BCUT2D eigenvalue weighted by Gasteiger charge is 2.24. The average molecular weight is 1620 g/mol. The topological polar surface area (TPSA) is 391 Å². The lowest BCUT2D eigenvalue weighted by molar-refractivity contribution is 0.528.